The second kappa shape index (κ2) is 6.99. The van der Waals surface area contributed by atoms with Crippen LogP contribution in [0.25, 0.3) is 0 Å². The van der Waals surface area contributed by atoms with E-state index < -0.39 is 17.6 Å². The van der Waals surface area contributed by atoms with Crippen molar-refractivity contribution in [3.63, 3.8) is 0 Å². The quantitative estimate of drug-likeness (QED) is 0.641. The number of hydrogen-bond acceptors (Lipinski definition) is 4. The molecule has 1 saturated heterocycles. The topological polar surface area (TPSA) is 78.4 Å². The van der Waals surface area contributed by atoms with Gasteiger partial charge >= 0.3 is 5.97 Å². The van der Waals surface area contributed by atoms with Gasteiger partial charge in [0.1, 0.15) is 6.04 Å². The molecule has 1 aliphatic heterocycles. The molecule has 0 aliphatic carbocycles. The smallest absolute Gasteiger partial charge is 0.326 e. The van der Waals surface area contributed by atoms with Gasteiger partial charge in [0.05, 0.1) is 5.54 Å². The van der Waals surface area contributed by atoms with E-state index in [-0.39, 0.29) is 5.91 Å². The molecule has 3 N–H and O–H groups in total. The molecule has 0 spiro atoms. The van der Waals surface area contributed by atoms with E-state index in [2.05, 4.69) is 10.6 Å². The number of thioether (sulfide) groups is 1. The van der Waals surface area contributed by atoms with Crippen molar-refractivity contribution >= 4 is 23.6 Å². The number of nitrogens with one attached hydrogen (secondary N) is 2. The molecule has 1 amide bonds. The normalized spacial score (nSPS) is 24.8. The van der Waals surface area contributed by atoms with Gasteiger partial charge in [-0.05, 0) is 44.2 Å². The Morgan fingerprint density at radius 2 is 2.28 bits per heavy atom. The van der Waals surface area contributed by atoms with Crippen molar-refractivity contribution in [1.82, 2.24) is 10.6 Å². The highest BCUT2D eigenvalue weighted by molar-refractivity contribution is 7.98. The summed E-state index contributed by atoms with van der Waals surface area (Å²) in [6.07, 6.45) is 4.82. The molecule has 18 heavy (non-hydrogen) atoms. The molecule has 6 heteroatoms. The molecule has 1 rings (SSSR count). The third kappa shape index (κ3) is 3.62. The lowest BCUT2D eigenvalue weighted by Crippen LogP contribution is -2.56. The third-order valence-corrected chi connectivity index (χ3v) is 4.14. The summed E-state index contributed by atoms with van der Waals surface area (Å²) in [5.74, 6) is -0.401. The van der Waals surface area contributed by atoms with Gasteiger partial charge in [0.2, 0.25) is 5.91 Å². The summed E-state index contributed by atoms with van der Waals surface area (Å²) < 4.78 is 0. The zero-order valence-electron chi connectivity index (χ0n) is 11.0. The zero-order valence-corrected chi connectivity index (χ0v) is 11.8. The van der Waals surface area contributed by atoms with Crippen LogP contribution in [-0.4, -0.2) is 47.1 Å². The van der Waals surface area contributed by atoms with Crippen LogP contribution in [0.15, 0.2) is 0 Å². The predicted molar refractivity (Wildman–Crippen MR) is 72.8 cm³/mol. The van der Waals surface area contributed by atoms with Crippen LogP contribution in [0.5, 0.6) is 0 Å². The molecule has 0 saturated carbocycles. The van der Waals surface area contributed by atoms with Gasteiger partial charge in [-0.1, -0.05) is 6.92 Å². The fourth-order valence-corrected chi connectivity index (χ4v) is 2.72. The Bertz CT molecular complexity index is 304. The fraction of sp³-hybridized carbons (Fsp3) is 0.833. The van der Waals surface area contributed by atoms with E-state index in [4.69, 9.17) is 5.11 Å². The highest BCUT2D eigenvalue weighted by Crippen LogP contribution is 2.23. The Morgan fingerprint density at radius 3 is 2.72 bits per heavy atom. The van der Waals surface area contributed by atoms with E-state index in [1.54, 1.807) is 11.8 Å². The van der Waals surface area contributed by atoms with Crippen LogP contribution in [0, 0.1) is 0 Å². The lowest BCUT2D eigenvalue weighted by atomic mass is 9.92. The Labute approximate surface area is 112 Å². The van der Waals surface area contributed by atoms with E-state index in [1.165, 1.54) is 0 Å². The predicted octanol–water partition coefficient (Wildman–Crippen LogP) is 0.841. The van der Waals surface area contributed by atoms with Crippen LogP contribution in [0.3, 0.4) is 0 Å². The molecule has 5 nitrogen and oxygen atoms in total. The number of amides is 1. The first kappa shape index (κ1) is 15.3. The molecular formula is C12H22N2O3S. The van der Waals surface area contributed by atoms with Crippen molar-refractivity contribution in [3.8, 4) is 0 Å². The van der Waals surface area contributed by atoms with Crippen molar-refractivity contribution < 1.29 is 14.7 Å². The first-order valence-electron chi connectivity index (χ1n) is 6.33. The SMILES string of the molecule is CCC1(C(=O)N[C@@H](CCSC)C(=O)O)CCCN1. The molecule has 1 heterocycles. The first-order chi connectivity index (χ1) is 8.55. The molecule has 1 aliphatic rings. The molecule has 0 bridgehead atoms. The van der Waals surface area contributed by atoms with Gasteiger partial charge in [-0.25, -0.2) is 4.79 Å². The highest BCUT2D eigenvalue weighted by Gasteiger charge is 2.40. The van der Waals surface area contributed by atoms with E-state index in [9.17, 15) is 9.59 Å². The largest absolute Gasteiger partial charge is 0.480 e. The van der Waals surface area contributed by atoms with Gasteiger partial charge in [-0.2, -0.15) is 11.8 Å². The number of aliphatic carboxylic acids is 1. The summed E-state index contributed by atoms with van der Waals surface area (Å²) in [6, 6.07) is -0.782. The molecule has 0 radical (unpaired) electrons. The molecule has 0 aromatic heterocycles. The number of carbonyl (C=O) groups is 2. The third-order valence-electron chi connectivity index (χ3n) is 3.50. The van der Waals surface area contributed by atoms with Gasteiger partial charge < -0.3 is 15.7 Å². The maximum atomic E-state index is 12.2. The molecule has 0 aromatic carbocycles. The summed E-state index contributed by atoms with van der Waals surface area (Å²) in [6.45, 7) is 2.78. The minimum Gasteiger partial charge on any atom is -0.480 e. The summed E-state index contributed by atoms with van der Waals surface area (Å²) in [5, 5.41) is 15.0. The lowest BCUT2D eigenvalue weighted by molar-refractivity contribution is -0.143. The number of carbonyl (C=O) groups excluding carboxylic acids is 1. The number of carboxylic acids is 1. The summed E-state index contributed by atoms with van der Waals surface area (Å²) in [7, 11) is 0. The van der Waals surface area contributed by atoms with Crippen molar-refractivity contribution in [1.29, 1.82) is 0 Å². The Kier molecular flexibility index (Phi) is 5.95. The Balaban J connectivity index is 2.62. The van der Waals surface area contributed by atoms with Crippen LogP contribution in [0.1, 0.15) is 32.6 Å². The summed E-state index contributed by atoms with van der Waals surface area (Å²) in [5.41, 5.74) is -0.562. The van der Waals surface area contributed by atoms with Crippen LogP contribution in [-0.2, 0) is 9.59 Å². The highest BCUT2D eigenvalue weighted by atomic mass is 32.2. The summed E-state index contributed by atoms with van der Waals surface area (Å²) in [4.78, 5) is 23.3. The second-order valence-electron chi connectivity index (χ2n) is 4.61. The second-order valence-corrected chi connectivity index (χ2v) is 5.60. The molecular weight excluding hydrogens is 252 g/mol. The van der Waals surface area contributed by atoms with Gasteiger partial charge in [0, 0.05) is 0 Å². The first-order valence-corrected chi connectivity index (χ1v) is 7.73. The van der Waals surface area contributed by atoms with Crippen molar-refractivity contribution in [3.05, 3.63) is 0 Å². The Morgan fingerprint density at radius 1 is 1.56 bits per heavy atom. The Hall–Kier alpha value is -0.750. The number of hydrogen-bond donors (Lipinski definition) is 3. The van der Waals surface area contributed by atoms with Crippen LogP contribution < -0.4 is 10.6 Å². The van der Waals surface area contributed by atoms with Crippen molar-refractivity contribution in [2.45, 2.75) is 44.2 Å². The van der Waals surface area contributed by atoms with Gasteiger partial charge in [-0.3, -0.25) is 4.79 Å². The van der Waals surface area contributed by atoms with Crippen molar-refractivity contribution in [2.24, 2.45) is 0 Å². The number of rotatable bonds is 7. The monoisotopic (exact) mass is 274 g/mol. The maximum absolute atomic E-state index is 12.2. The van der Waals surface area contributed by atoms with Crippen LogP contribution in [0.2, 0.25) is 0 Å². The minimum absolute atomic E-state index is 0.170. The van der Waals surface area contributed by atoms with Gasteiger partial charge in [-0.15, -0.1) is 0 Å². The summed E-state index contributed by atoms with van der Waals surface area (Å²) >= 11 is 1.58. The molecule has 0 aromatic rings. The van der Waals surface area contributed by atoms with E-state index >= 15 is 0 Å². The average molecular weight is 274 g/mol. The van der Waals surface area contributed by atoms with E-state index in [0.717, 1.165) is 25.1 Å². The molecule has 1 fully saturated rings. The van der Waals surface area contributed by atoms with Crippen LogP contribution >= 0.6 is 11.8 Å². The fourth-order valence-electron chi connectivity index (χ4n) is 2.25. The average Bonchev–Trinajstić information content (AvgIpc) is 2.83. The molecule has 1 unspecified atom stereocenters. The lowest BCUT2D eigenvalue weighted by Gasteiger charge is -2.28. The molecule has 104 valence electrons. The van der Waals surface area contributed by atoms with Crippen molar-refractivity contribution in [2.75, 3.05) is 18.6 Å². The van der Waals surface area contributed by atoms with E-state index in [1.807, 2.05) is 13.2 Å². The van der Waals surface area contributed by atoms with E-state index in [0.29, 0.717) is 12.8 Å². The number of carboxylic acid groups (broad SMARTS) is 1. The van der Waals surface area contributed by atoms with Crippen LogP contribution in [0.4, 0.5) is 0 Å². The minimum atomic E-state index is -0.957. The maximum Gasteiger partial charge on any atom is 0.326 e. The van der Waals surface area contributed by atoms with Gasteiger partial charge in [0.15, 0.2) is 0 Å². The van der Waals surface area contributed by atoms with Gasteiger partial charge in [0.25, 0.3) is 0 Å². The zero-order chi connectivity index (χ0) is 13.6. The molecule has 2 atom stereocenters. The standard InChI is InChI=1S/C12H22N2O3S/c1-3-12(6-4-7-13-12)11(17)14-9(10(15)16)5-8-18-2/h9,13H,3-8H2,1-2H3,(H,14,17)(H,15,16)/t9-,12?/m0/s1.